The van der Waals surface area contributed by atoms with E-state index in [0.29, 0.717) is 31.4 Å². The van der Waals surface area contributed by atoms with Crippen LogP contribution in [0.4, 0.5) is 10.1 Å². The minimum atomic E-state index is -3.70. The van der Waals surface area contributed by atoms with Gasteiger partial charge in [-0.2, -0.15) is 0 Å². The van der Waals surface area contributed by atoms with E-state index in [2.05, 4.69) is 10.0 Å². The van der Waals surface area contributed by atoms with E-state index in [9.17, 15) is 17.6 Å². The second-order valence-electron chi connectivity index (χ2n) is 6.42. The Hall–Kier alpha value is -2.25. The SMILES string of the molecule is O=C1CCc2cc(S(=O)(=O)N[C@@H]3CCc4cc(F)ccc43)ccc2N1. The molecule has 2 aromatic rings. The van der Waals surface area contributed by atoms with Gasteiger partial charge >= 0.3 is 0 Å². The molecule has 0 saturated carbocycles. The fraction of sp³-hybridized carbons (Fsp3) is 0.278. The Balaban J connectivity index is 1.60. The summed E-state index contributed by atoms with van der Waals surface area (Å²) >= 11 is 0. The molecule has 130 valence electrons. The zero-order chi connectivity index (χ0) is 17.6. The van der Waals surface area contributed by atoms with Crippen LogP contribution in [0.25, 0.3) is 0 Å². The van der Waals surface area contributed by atoms with Crippen LogP contribution in [0.3, 0.4) is 0 Å². The first-order chi connectivity index (χ1) is 11.9. The summed E-state index contributed by atoms with van der Waals surface area (Å²) in [5, 5.41) is 2.74. The van der Waals surface area contributed by atoms with Gasteiger partial charge in [-0.1, -0.05) is 6.07 Å². The number of nitrogens with one attached hydrogen (secondary N) is 2. The van der Waals surface area contributed by atoms with Crippen molar-refractivity contribution in [2.24, 2.45) is 0 Å². The Labute approximate surface area is 145 Å². The van der Waals surface area contributed by atoms with Crippen LogP contribution in [-0.4, -0.2) is 14.3 Å². The maximum Gasteiger partial charge on any atom is 0.241 e. The molecule has 0 fully saturated rings. The van der Waals surface area contributed by atoms with Gasteiger partial charge in [0, 0.05) is 18.2 Å². The third kappa shape index (κ3) is 3.05. The van der Waals surface area contributed by atoms with Gasteiger partial charge in [0.2, 0.25) is 15.9 Å². The van der Waals surface area contributed by atoms with E-state index in [-0.39, 0.29) is 22.7 Å². The Kier molecular flexibility index (Phi) is 3.85. The Morgan fingerprint density at radius 2 is 1.88 bits per heavy atom. The van der Waals surface area contributed by atoms with Crippen LogP contribution in [0.2, 0.25) is 0 Å². The largest absolute Gasteiger partial charge is 0.326 e. The number of hydrogen-bond donors (Lipinski definition) is 2. The van der Waals surface area contributed by atoms with E-state index < -0.39 is 10.0 Å². The number of amides is 1. The van der Waals surface area contributed by atoms with Crippen molar-refractivity contribution in [2.75, 3.05) is 5.32 Å². The Morgan fingerprint density at radius 3 is 2.72 bits per heavy atom. The van der Waals surface area contributed by atoms with Gasteiger partial charge in [0.25, 0.3) is 0 Å². The maximum atomic E-state index is 13.3. The summed E-state index contributed by atoms with van der Waals surface area (Å²) in [4.78, 5) is 11.6. The predicted octanol–water partition coefficient (Wildman–Crippen LogP) is 2.68. The molecule has 5 nitrogen and oxygen atoms in total. The van der Waals surface area contributed by atoms with Crippen LogP contribution in [0.5, 0.6) is 0 Å². The van der Waals surface area contributed by atoms with Crippen molar-refractivity contribution in [3.05, 3.63) is 58.9 Å². The predicted molar refractivity (Wildman–Crippen MR) is 91.2 cm³/mol. The lowest BCUT2D eigenvalue weighted by atomic mass is 10.0. The highest BCUT2D eigenvalue weighted by atomic mass is 32.2. The van der Waals surface area contributed by atoms with E-state index in [1.54, 1.807) is 18.2 Å². The number of benzene rings is 2. The van der Waals surface area contributed by atoms with Gasteiger partial charge in [-0.3, -0.25) is 4.79 Å². The number of carbonyl (C=O) groups is 1. The normalized spacial score (nSPS) is 19.2. The molecule has 2 N–H and O–H groups in total. The molecule has 0 radical (unpaired) electrons. The smallest absolute Gasteiger partial charge is 0.241 e. The van der Waals surface area contributed by atoms with Crippen molar-refractivity contribution in [3.63, 3.8) is 0 Å². The molecule has 1 aliphatic carbocycles. The average Bonchev–Trinajstić information content (AvgIpc) is 2.95. The Bertz CT molecular complexity index is 972. The van der Waals surface area contributed by atoms with Gasteiger partial charge in [-0.15, -0.1) is 0 Å². The number of carbonyl (C=O) groups excluding carboxylic acids is 1. The molecule has 7 heteroatoms. The number of rotatable bonds is 3. The second-order valence-corrected chi connectivity index (χ2v) is 8.14. The fourth-order valence-electron chi connectivity index (χ4n) is 3.49. The average molecular weight is 360 g/mol. The van der Waals surface area contributed by atoms with Gasteiger partial charge in [-0.05, 0) is 66.3 Å². The standard InChI is InChI=1S/C18H17FN2O3S/c19-13-3-5-15-11(9-13)1-6-17(15)21-25(23,24)14-4-7-16-12(10-14)2-8-18(22)20-16/h3-5,7,9-10,17,21H,1-2,6,8H2,(H,20,22)/t17-/m1/s1. The molecule has 1 aliphatic heterocycles. The molecule has 25 heavy (non-hydrogen) atoms. The molecule has 0 aromatic heterocycles. The molecule has 1 amide bonds. The Morgan fingerprint density at radius 1 is 1.04 bits per heavy atom. The van der Waals surface area contributed by atoms with Crippen molar-refractivity contribution in [1.82, 2.24) is 4.72 Å². The number of fused-ring (bicyclic) bond motifs is 2. The van der Waals surface area contributed by atoms with Crippen LogP contribution in [0.15, 0.2) is 41.3 Å². The number of hydrogen-bond acceptors (Lipinski definition) is 3. The minimum absolute atomic E-state index is 0.0592. The summed E-state index contributed by atoms with van der Waals surface area (Å²) in [6, 6.07) is 8.84. The highest BCUT2D eigenvalue weighted by Gasteiger charge is 2.28. The maximum absolute atomic E-state index is 13.3. The summed E-state index contributed by atoms with van der Waals surface area (Å²) in [6.45, 7) is 0. The summed E-state index contributed by atoms with van der Waals surface area (Å²) in [5.41, 5.74) is 3.16. The first-order valence-electron chi connectivity index (χ1n) is 8.16. The third-order valence-corrected chi connectivity index (χ3v) is 6.23. The molecule has 4 rings (SSSR count). The fourth-order valence-corrected chi connectivity index (χ4v) is 4.79. The van der Waals surface area contributed by atoms with Gasteiger partial charge in [0.05, 0.1) is 4.90 Å². The lowest BCUT2D eigenvalue weighted by molar-refractivity contribution is -0.116. The third-order valence-electron chi connectivity index (χ3n) is 4.76. The molecule has 2 aliphatic rings. The number of aryl methyl sites for hydroxylation is 2. The van der Waals surface area contributed by atoms with Gasteiger partial charge < -0.3 is 5.32 Å². The van der Waals surface area contributed by atoms with Crippen LogP contribution in [0, 0.1) is 5.82 Å². The van der Waals surface area contributed by atoms with E-state index in [4.69, 9.17) is 0 Å². The molecular formula is C18H17FN2O3S. The summed E-state index contributed by atoms with van der Waals surface area (Å²) < 4.78 is 41.5. The molecule has 0 unspecified atom stereocenters. The molecule has 2 aromatic carbocycles. The monoisotopic (exact) mass is 360 g/mol. The highest BCUT2D eigenvalue weighted by molar-refractivity contribution is 7.89. The second kappa shape index (κ2) is 5.93. The molecule has 0 saturated heterocycles. The molecule has 0 spiro atoms. The van der Waals surface area contributed by atoms with Crippen LogP contribution >= 0.6 is 0 Å². The van der Waals surface area contributed by atoms with E-state index in [1.165, 1.54) is 18.2 Å². The zero-order valence-corrected chi connectivity index (χ0v) is 14.2. The molecular weight excluding hydrogens is 343 g/mol. The lowest BCUT2D eigenvalue weighted by Crippen LogP contribution is -2.28. The number of anilines is 1. The lowest BCUT2D eigenvalue weighted by Gasteiger charge is -2.19. The zero-order valence-electron chi connectivity index (χ0n) is 13.4. The minimum Gasteiger partial charge on any atom is -0.326 e. The van der Waals surface area contributed by atoms with E-state index in [1.807, 2.05) is 0 Å². The van der Waals surface area contributed by atoms with Crippen molar-refractivity contribution < 1.29 is 17.6 Å². The van der Waals surface area contributed by atoms with Crippen LogP contribution in [-0.2, 0) is 27.7 Å². The topological polar surface area (TPSA) is 75.3 Å². The van der Waals surface area contributed by atoms with Crippen LogP contribution in [0.1, 0.15) is 35.6 Å². The van der Waals surface area contributed by atoms with Gasteiger partial charge in [0.1, 0.15) is 5.82 Å². The summed E-state index contributed by atoms with van der Waals surface area (Å²) in [5.74, 6) is -0.366. The first-order valence-corrected chi connectivity index (χ1v) is 9.64. The summed E-state index contributed by atoms with van der Waals surface area (Å²) in [6.07, 6.45) is 2.14. The van der Waals surface area contributed by atoms with Gasteiger partial charge in [-0.25, -0.2) is 17.5 Å². The number of halogens is 1. The van der Waals surface area contributed by atoms with Crippen molar-refractivity contribution in [1.29, 1.82) is 0 Å². The first kappa shape index (κ1) is 16.2. The van der Waals surface area contributed by atoms with Crippen LogP contribution < -0.4 is 10.0 Å². The highest BCUT2D eigenvalue weighted by Crippen LogP contribution is 2.33. The molecule has 1 atom stereocenters. The summed E-state index contributed by atoms with van der Waals surface area (Å²) in [7, 11) is -3.70. The van der Waals surface area contributed by atoms with E-state index in [0.717, 1.165) is 16.7 Å². The van der Waals surface area contributed by atoms with Crippen molar-refractivity contribution in [3.8, 4) is 0 Å². The molecule has 1 heterocycles. The quantitative estimate of drug-likeness (QED) is 0.884. The van der Waals surface area contributed by atoms with Crippen molar-refractivity contribution >= 4 is 21.6 Å². The number of sulfonamides is 1. The van der Waals surface area contributed by atoms with E-state index >= 15 is 0 Å². The van der Waals surface area contributed by atoms with Gasteiger partial charge in [0.15, 0.2) is 0 Å². The molecule has 0 bridgehead atoms. The van der Waals surface area contributed by atoms with Crippen molar-refractivity contribution in [2.45, 2.75) is 36.6 Å².